The van der Waals surface area contributed by atoms with Crippen LogP contribution in [0.4, 0.5) is 19.3 Å². The van der Waals surface area contributed by atoms with Crippen LogP contribution >= 0.6 is 11.6 Å². The van der Waals surface area contributed by atoms with E-state index in [0.717, 1.165) is 0 Å². The molecular formula is C16H13ClF2N2O. The van der Waals surface area contributed by atoms with E-state index in [1.54, 1.807) is 24.3 Å². The number of carbonyl (C=O) groups excluding carboxylic acids is 1. The predicted octanol–water partition coefficient (Wildman–Crippen LogP) is 4.30. The smallest absolute Gasteiger partial charge is 0.319 e. The van der Waals surface area contributed by atoms with Gasteiger partial charge in [-0.05, 0) is 36.8 Å². The summed E-state index contributed by atoms with van der Waals surface area (Å²) >= 11 is 5.83. The Balaban J connectivity index is 1.60. The molecule has 3 rings (SSSR count). The SMILES string of the molecule is O=C(Nc1cccc(Cl)c1)N[C@@H]1C[C@@H]1c1c(F)cccc1F. The standard InChI is InChI=1S/C16H13ClF2N2O/c17-9-3-1-4-10(7-9)20-16(22)21-14-8-11(14)15-12(18)5-2-6-13(15)19/h1-7,11,14H,8H2,(H2,20,21,22)/t11-,14+/m0/s1. The van der Waals surface area contributed by atoms with Gasteiger partial charge in [0, 0.05) is 28.2 Å². The predicted molar refractivity (Wildman–Crippen MR) is 81.1 cm³/mol. The third kappa shape index (κ3) is 3.20. The number of nitrogens with one attached hydrogen (secondary N) is 2. The van der Waals surface area contributed by atoms with Gasteiger partial charge in [-0.15, -0.1) is 0 Å². The van der Waals surface area contributed by atoms with Gasteiger partial charge in [0.2, 0.25) is 0 Å². The van der Waals surface area contributed by atoms with Crippen molar-refractivity contribution >= 4 is 23.3 Å². The van der Waals surface area contributed by atoms with E-state index in [9.17, 15) is 13.6 Å². The van der Waals surface area contributed by atoms with E-state index in [1.165, 1.54) is 18.2 Å². The summed E-state index contributed by atoms with van der Waals surface area (Å²) in [5.74, 6) is -1.49. The van der Waals surface area contributed by atoms with Crippen molar-refractivity contribution in [2.45, 2.75) is 18.4 Å². The van der Waals surface area contributed by atoms with Gasteiger partial charge in [0.25, 0.3) is 0 Å². The Morgan fingerprint density at radius 2 is 1.82 bits per heavy atom. The maximum atomic E-state index is 13.7. The van der Waals surface area contributed by atoms with Gasteiger partial charge in [0.1, 0.15) is 11.6 Å². The Labute approximate surface area is 131 Å². The summed E-state index contributed by atoms with van der Waals surface area (Å²) in [5, 5.41) is 5.84. The fraction of sp³-hybridized carbons (Fsp3) is 0.188. The van der Waals surface area contributed by atoms with Crippen molar-refractivity contribution in [3.05, 3.63) is 64.7 Å². The summed E-state index contributed by atoms with van der Waals surface area (Å²) in [6, 6.07) is 9.80. The zero-order chi connectivity index (χ0) is 15.7. The van der Waals surface area contributed by atoms with Crippen LogP contribution in [0.3, 0.4) is 0 Å². The van der Waals surface area contributed by atoms with Gasteiger partial charge in [-0.25, -0.2) is 13.6 Å². The third-order valence-corrected chi connectivity index (χ3v) is 3.80. The minimum absolute atomic E-state index is 0.0376. The molecule has 0 unspecified atom stereocenters. The fourth-order valence-electron chi connectivity index (χ4n) is 2.44. The van der Waals surface area contributed by atoms with Crippen LogP contribution in [0.25, 0.3) is 0 Å². The molecule has 114 valence electrons. The Kier molecular flexibility index (Phi) is 3.98. The molecule has 0 saturated heterocycles. The van der Waals surface area contributed by atoms with Gasteiger partial charge in [-0.3, -0.25) is 0 Å². The molecule has 2 N–H and O–H groups in total. The van der Waals surface area contributed by atoms with Crippen molar-refractivity contribution in [3.63, 3.8) is 0 Å². The lowest BCUT2D eigenvalue weighted by Gasteiger charge is -2.08. The first-order valence-electron chi connectivity index (χ1n) is 6.81. The molecule has 3 nitrogen and oxygen atoms in total. The zero-order valence-electron chi connectivity index (χ0n) is 11.4. The Bertz CT molecular complexity index is 703. The average Bonchev–Trinajstić information content (AvgIpc) is 3.17. The summed E-state index contributed by atoms with van der Waals surface area (Å²) in [5.41, 5.74) is 0.592. The van der Waals surface area contributed by atoms with Gasteiger partial charge in [-0.1, -0.05) is 23.7 Å². The number of rotatable bonds is 3. The highest BCUT2D eigenvalue weighted by Crippen LogP contribution is 2.43. The first kappa shape index (κ1) is 14.8. The minimum atomic E-state index is -0.579. The van der Waals surface area contributed by atoms with E-state index in [0.29, 0.717) is 17.1 Å². The molecular weight excluding hydrogens is 310 g/mol. The second-order valence-corrected chi connectivity index (χ2v) is 5.63. The van der Waals surface area contributed by atoms with E-state index in [4.69, 9.17) is 11.6 Å². The van der Waals surface area contributed by atoms with Crippen molar-refractivity contribution in [2.75, 3.05) is 5.32 Å². The maximum absolute atomic E-state index is 13.7. The van der Waals surface area contributed by atoms with Gasteiger partial charge in [0.05, 0.1) is 0 Å². The number of hydrogen-bond donors (Lipinski definition) is 2. The van der Waals surface area contributed by atoms with Crippen LogP contribution in [0, 0.1) is 11.6 Å². The monoisotopic (exact) mass is 322 g/mol. The summed E-state index contributed by atoms with van der Waals surface area (Å²) in [6.07, 6.45) is 0.515. The van der Waals surface area contributed by atoms with Crippen LogP contribution in [0.2, 0.25) is 5.02 Å². The van der Waals surface area contributed by atoms with Crippen molar-refractivity contribution in [2.24, 2.45) is 0 Å². The number of halogens is 3. The largest absolute Gasteiger partial charge is 0.334 e. The number of anilines is 1. The molecule has 0 bridgehead atoms. The topological polar surface area (TPSA) is 41.1 Å². The molecule has 1 aliphatic carbocycles. The van der Waals surface area contributed by atoms with Gasteiger partial charge in [-0.2, -0.15) is 0 Å². The Hall–Kier alpha value is -2.14. The quantitative estimate of drug-likeness (QED) is 0.869. The van der Waals surface area contributed by atoms with Gasteiger partial charge < -0.3 is 10.6 Å². The first-order valence-corrected chi connectivity index (χ1v) is 7.19. The third-order valence-electron chi connectivity index (χ3n) is 3.56. The lowest BCUT2D eigenvalue weighted by atomic mass is 10.1. The Morgan fingerprint density at radius 1 is 1.14 bits per heavy atom. The van der Waals surface area contributed by atoms with Crippen LogP contribution < -0.4 is 10.6 Å². The van der Waals surface area contributed by atoms with Crippen molar-refractivity contribution < 1.29 is 13.6 Å². The summed E-state index contributed by atoms with van der Waals surface area (Å²) in [4.78, 5) is 11.9. The second kappa shape index (κ2) is 5.93. The van der Waals surface area contributed by atoms with Crippen molar-refractivity contribution in [1.29, 1.82) is 0 Å². The van der Waals surface area contributed by atoms with Gasteiger partial charge >= 0.3 is 6.03 Å². The van der Waals surface area contributed by atoms with Crippen LogP contribution in [0.1, 0.15) is 17.9 Å². The fourth-order valence-corrected chi connectivity index (χ4v) is 2.63. The lowest BCUT2D eigenvalue weighted by molar-refractivity contribution is 0.251. The number of carbonyl (C=O) groups is 1. The van der Waals surface area contributed by atoms with E-state index in [1.807, 2.05) is 0 Å². The molecule has 2 aromatic rings. The zero-order valence-corrected chi connectivity index (χ0v) is 12.2. The molecule has 1 saturated carbocycles. The molecule has 0 radical (unpaired) electrons. The molecule has 0 heterocycles. The van der Waals surface area contributed by atoms with Crippen LogP contribution in [-0.4, -0.2) is 12.1 Å². The van der Waals surface area contributed by atoms with Crippen LogP contribution in [-0.2, 0) is 0 Å². The molecule has 0 aliphatic heterocycles. The normalized spacial score (nSPS) is 19.6. The lowest BCUT2D eigenvalue weighted by Crippen LogP contribution is -2.31. The molecule has 0 spiro atoms. The number of amides is 2. The number of hydrogen-bond acceptors (Lipinski definition) is 1. The van der Waals surface area contributed by atoms with E-state index in [2.05, 4.69) is 10.6 Å². The van der Waals surface area contributed by atoms with E-state index < -0.39 is 17.7 Å². The highest BCUT2D eigenvalue weighted by molar-refractivity contribution is 6.30. The second-order valence-electron chi connectivity index (χ2n) is 5.19. The Morgan fingerprint density at radius 3 is 2.50 bits per heavy atom. The molecule has 0 aromatic heterocycles. The summed E-state index contributed by atoms with van der Waals surface area (Å²) < 4.78 is 27.3. The van der Waals surface area contributed by atoms with Crippen molar-refractivity contribution in [3.8, 4) is 0 Å². The van der Waals surface area contributed by atoms with Crippen molar-refractivity contribution in [1.82, 2.24) is 5.32 Å². The molecule has 22 heavy (non-hydrogen) atoms. The summed E-state index contributed by atoms with van der Waals surface area (Å²) in [7, 11) is 0. The maximum Gasteiger partial charge on any atom is 0.319 e. The highest BCUT2D eigenvalue weighted by Gasteiger charge is 2.42. The van der Waals surface area contributed by atoms with Crippen LogP contribution in [0.5, 0.6) is 0 Å². The summed E-state index contributed by atoms with van der Waals surface area (Å²) in [6.45, 7) is 0. The first-order chi connectivity index (χ1) is 10.5. The molecule has 2 atom stereocenters. The molecule has 1 fully saturated rings. The minimum Gasteiger partial charge on any atom is -0.334 e. The van der Waals surface area contributed by atoms with E-state index >= 15 is 0 Å². The van der Waals surface area contributed by atoms with Crippen LogP contribution in [0.15, 0.2) is 42.5 Å². The average molecular weight is 323 g/mol. The van der Waals surface area contributed by atoms with E-state index in [-0.39, 0.29) is 17.5 Å². The molecule has 2 amide bonds. The number of benzene rings is 2. The highest BCUT2D eigenvalue weighted by atomic mass is 35.5. The number of urea groups is 1. The molecule has 6 heteroatoms. The molecule has 2 aromatic carbocycles. The molecule has 1 aliphatic rings. The van der Waals surface area contributed by atoms with Gasteiger partial charge in [0.15, 0.2) is 0 Å².